The molecule has 0 fully saturated rings. The summed E-state index contributed by atoms with van der Waals surface area (Å²) in [5.41, 5.74) is 0.696. The molecule has 0 radical (unpaired) electrons. The van der Waals surface area contributed by atoms with Crippen LogP contribution in [0.3, 0.4) is 0 Å². The van der Waals surface area contributed by atoms with Gasteiger partial charge in [0.25, 0.3) is 0 Å². The molecular weight excluding hydrogens is 344 g/mol. The number of benzene rings is 1. The third-order valence-electron chi connectivity index (χ3n) is 5.48. The van der Waals surface area contributed by atoms with E-state index < -0.39 is 17.4 Å². The first-order valence-corrected chi connectivity index (χ1v) is 9.56. The molecule has 0 heterocycles. The monoisotopic (exact) mass is 374 g/mol. The number of esters is 2. The lowest BCUT2D eigenvalue weighted by Crippen LogP contribution is -2.45. The predicted octanol–water partition coefficient (Wildman–Crippen LogP) is 4.40. The number of ether oxygens (including phenoxy) is 3. The molecule has 0 bridgehead atoms. The van der Waals surface area contributed by atoms with E-state index in [1.807, 2.05) is 30.3 Å². The summed E-state index contributed by atoms with van der Waals surface area (Å²) in [6.45, 7) is 2.16. The van der Waals surface area contributed by atoms with Crippen LogP contribution in [0.2, 0.25) is 0 Å². The second kappa shape index (κ2) is 9.58. The molecule has 1 aliphatic carbocycles. The minimum absolute atomic E-state index is 0.261. The summed E-state index contributed by atoms with van der Waals surface area (Å²) in [4.78, 5) is 25.5. The van der Waals surface area contributed by atoms with Crippen molar-refractivity contribution in [2.24, 2.45) is 11.3 Å². The Hall–Kier alpha value is -2.30. The van der Waals surface area contributed by atoms with Crippen LogP contribution >= 0.6 is 0 Å². The van der Waals surface area contributed by atoms with Crippen LogP contribution in [0.25, 0.3) is 5.57 Å². The highest BCUT2D eigenvalue weighted by Crippen LogP contribution is 2.51. The Balaban J connectivity index is 2.39. The summed E-state index contributed by atoms with van der Waals surface area (Å²) in [6, 6.07) is 7.71. The number of rotatable bonds is 9. The van der Waals surface area contributed by atoms with Gasteiger partial charge < -0.3 is 14.2 Å². The molecule has 1 atom stereocenters. The molecule has 27 heavy (non-hydrogen) atoms. The van der Waals surface area contributed by atoms with Gasteiger partial charge in [0.05, 0.1) is 21.3 Å². The van der Waals surface area contributed by atoms with Crippen LogP contribution in [0.1, 0.15) is 51.0 Å². The largest absolute Gasteiger partial charge is 0.497 e. The zero-order chi connectivity index (χ0) is 19.9. The lowest BCUT2D eigenvalue weighted by atomic mass is 9.71. The van der Waals surface area contributed by atoms with Gasteiger partial charge in [0.1, 0.15) is 5.75 Å². The van der Waals surface area contributed by atoms with Crippen molar-refractivity contribution >= 4 is 17.5 Å². The first-order valence-electron chi connectivity index (χ1n) is 9.56. The van der Waals surface area contributed by atoms with Crippen LogP contribution in [-0.2, 0) is 19.1 Å². The first-order chi connectivity index (χ1) is 13.0. The van der Waals surface area contributed by atoms with E-state index in [1.165, 1.54) is 14.2 Å². The SMILES string of the molecule is CCCCCCC1C(c2ccc(OC)cc2)=CCC1(C(=O)OC)C(=O)OC. The summed E-state index contributed by atoms with van der Waals surface area (Å²) in [7, 11) is 4.28. The van der Waals surface area contributed by atoms with Crippen molar-refractivity contribution in [1.29, 1.82) is 0 Å². The molecule has 5 heteroatoms. The van der Waals surface area contributed by atoms with E-state index >= 15 is 0 Å². The quantitative estimate of drug-likeness (QED) is 0.364. The van der Waals surface area contributed by atoms with Crippen molar-refractivity contribution < 1.29 is 23.8 Å². The Morgan fingerprint density at radius 3 is 2.15 bits per heavy atom. The number of methoxy groups -OCH3 is 3. The fourth-order valence-corrected chi connectivity index (χ4v) is 4.00. The maximum atomic E-state index is 12.7. The normalized spacial score (nSPS) is 17.9. The fourth-order valence-electron chi connectivity index (χ4n) is 4.00. The van der Waals surface area contributed by atoms with Gasteiger partial charge in [-0.15, -0.1) is 0 Å². The van der Waals surface area contributed by atoms with Crippen molar-refractivity contribution in [3.05, 3.63) is 35.9 Å². The third kappa shape index (κ3) is 4.18. The molecule has 0 aliphatic heterocycles. The number of carbonyl (C=O) groups excluding carboxylic acids is 2. The third-order valence-corrected chi connectivity index (χ3v) is 5.48. The lowest BCUT2D eigenvalue weighted by molar-refractivity contribution is -0.171. The maximum absolute atomic E-state index is 12.7. The average Bonchev–Trinajstić information content (AvgIpc) is 3.10. The van der Waals surface area contributed by atoms with Gasteiger partial charge in [-0.05, 0) is 36.1 Å². The highest BCUT2D eigenvalue weighted by Gasteiger charge is 2.57. The Bertz CT molecular complexity index is 658. The first kappa shape index (κ1) is 21.0. The highest BCUT2D eigenvalue weighted by molar-refractivity contribution is 6.04. The average molecular weight is 374 g/mol. The van der Waals surface area contributed by atoms with Crippen LogP contribution in [0.5, 0.6) is 5.75 Å². The molecule has 0 amide bonds. The molecular formula is C22H30O5. The number of allylic oxidation sites excluding steroid dienone is 2. The molecule has 0 saturated carbocycles. The molecule has 1 aromatic carbocycles. The molecule has 1 unspecified atom stereocenters. The lowest BCUT2D eigenvalue weighted by Gasteiger charge is -2.32. The molecule has 0 N–H and O–H groups in total. The Kier molecular flexibility index (Phi) is 7.45. The Morgan fingerprint density at radius 1 is 1.00 bits per heavy atom. The summed E-state index contributed by atoms with van der Waals surface area (Å²) >= 11 is 0. The number of unbranched alkanes of at least 4 members (excludes halogenated alkanes) is 3. The fraction of sp³-hybridized carbons (Fsp3) is 0.545. The smallest absolute Gasteiger partial charge is 0.324 e. The molecule has 1 aliphatic rings. The molecule has 0 saturated heterocycles. The Labute approximate surface area is 161 Å². The van der Waals surface area contributed by atoms with E-state index in [9.17, 15) is 9.59 Å². The van der Waals surface area contributed by atoms with E-state index in [0.29, 0.717) is 6.42 Å². The van der Waals surface area contributed by atoms with E-state index in [1.54, 1.807) is 7.11 Å². The van der Waals surface area contributed by atoms with Gasteiger partial charge in [0, 0.05) is 5.92 Å². The summed E-state index contributed by atoms with van der Waals surface area (Å²) in [5.74, 6) is -0.532. The molecule has 148 valence electrons. The van der Waals surface area contributed by atoms with E-state index in [4.69, 9.17) is 14.2 Å². The minimum Gasteiger partial charge on any atom is -0.497 e. The molecule has 0 spiro atoms. The van der Waals surface area contributed by atoms with Crippen LogP contribution in [0.4, 0.5) is 0 Å². The molecule has 0 aromatic heterocycles. The van der Waals surface area contributed by atoms with Crippen molar-refractivity contribution in [3.63, 3.8) is 0 Å². The second-order valence-corrected chi connectivity index (χ2v) is 6.95. The zero-order valence-electron chi connectivity index (χ0n) is 16.7. The molecule has 5 nitrogen and oxygen atoms in total. The summed E-state index contributed by atoms with van der Waals surface area (Å²) in [6.07, 6.45) is 7.31. The van der Waals surface area contributed by atoms with Crippen LogP contribution in [0.15, 0.2) is 30.3 Å². The maximum Gasteiger partial charge on any atom is 0.324 e. The Morgan fingerprint density at radius 2 is 1.63 bits per heavy atom. The standard InChI is InChI=1S/C22H30O5/c1-5-6-7-8-9-19-18(16-10-12-17(25-2)13-11-16)14-15-22(19,20(23)26-3)21(24)27-4/h10-14,19H,5-9,15H2,1-4H3. The van der Waals surface area contributed by atoms with E-state index in [0.717, 1.165) is 49.0 Å². The number of carbonyl (C=O) groups is 2. The van der Waals surface area contributed by atoms with Gasteiger partial charge in [-0.1, -0.05) is 50.8 Å². The summed E-state index contributed by atoms with van der Waals surface area (Å²) < 4.78 is 15.3. The van der Waals surface area contributed by atoms with Crippen molar-refractivity contribution in [3.8, 4) is 5.75 Å². The van der Waals surface area contributed by atoms with Gasteiger partial charge in [-0.2, -0.15) is 0 Å². The number of hydrogen-bond donors (Lipinski definition) is 0. The van der Waals surface area contributed by atoms with Gasteiger partial charge in [0.2, 0.25) is 0 Å². The van der Waals surface area contributed by atoms with Gasteiger partial charge in [-0.25, -0.2) is 0 Å². The van der Waals surface area contributed by atoms with Gasteiger partial charge in [0.15, 0.2) is 5.41 Å². The zero-order valence-corrected chi connectivity index (χ0v) is 16.7. The predicted molar refractivity (Wildman–Crippen MR) is 104 cm³/mol. The minimum atomic E-state index is -1.30. The second-order valence-electron chi connectivity index (χ2n) is 6.95. The van der Waals surface area contributed by atoms with Gasteiger partial charge >= 0.3 is 11.9 Å². The van der Waals surface area contributed by atoms with Crippen molar-refractivity contribution in [2.75, 3.05) is 21.3 Å². The molecule has 2 rings (SSSR count). The molecule has 1 aromatic rings. The highest BCUT2D eigenvalue weighted by atomic mass is 16.5. The van der Waals surface area contributed by atoms with Crippen LogP contribution in [0, 0.1) is 11.3 Å². The van der Waals surface area contributed by atoms with Crippen LogP contribution < -0.4 is 4.74 Å². The number of hydrogen-bond acceptors (Lipinski definition) is 5. The topological polar surface area (TPSA) is 61.8 Å². The van der Waals surface area contributed by atoms with Crippen molar-refractivity contribution in [1.82, 2.24) is 0 Å². The van der Waals surface area contributed by atoms with Crippen molar-refractivity contribution in [2.45, 2.75) is 45.4 Å². The van der Waals surface area contributed by atoms with Crippen LogP contribution in [-0.4, -0.2) is 33.3 Å². The van der Waals surface area contributed by atoms with E-state index in [2.05, 4.69) is 6.92 Å². The van der Waals surface area contributed by atoms with Gasteiger partial charge in [-0.3, -0.25) is 9.59 Å². The summed E-state index contributed by atoms with van der Waals surface area (Å²) in [5, 5.41) is 0. The van der Waals surface area contributed by atoms with E-state index in [-0.39, 0.29) is 5.92 Å².